The molecule has 0 aromatic heterocycles. The lowest BCUT2D eigenvalue weighted by Gasteiger charge is -2.28. The third-order valence-electron chi connectivity index (χ3n) is 2.79. The van der Waals surface area contributed by atoms with Crippen LogP contribution in [0.5, 0.6) is 0 Å². The lowest BCUT2D eigenvalue weighted by molar-refractivity contribution is 0.0945. The standard InChI is InChI=1S/C12H25NOS/c1-12(2,10-15)9-13(3)6-7-14-8-11-4-5-11/h11,15H,4-10H2,1-3H3. The maximum atomic E-state index is 5.62. The van der Waals surface area contributed by atoms with Gasteiger partial charge in [0.15, 0.2) is 0 Å². The van der Waals surface area contributed by atoms with Crippen LogP contribution in [0.25, 0.3) is 0 Å². The number of ether oxygens (including phenoxy) is 1. The van der Waals surface area contributed by atoms with Gasteiger partial charge in [0.05, 0.1) is 6.61 Å². The third-order valence-corrected chi connectivity index (χ3v) is 3.65. The van der Waals surface area contributed by atoms with Crippen molar-refractivity contribution in [1.82, 2.24) is 4.90 Å². The predicted octanol–water partition coefficient (Wildman–Crippen LogP) is 2.30. The van der Waals surface area contributed by atoms with Gasteiger partial charge in [-0.3, -0.25) is 0 Å². The molecule has 0 saturated heterocycles. The average molecular weight is 231 g/mol. The van der Waals surface area contributed by atoms with E-state index in [4.69, 9.17) is 4.74 Å². The Labute approximate surface area is 99.8 Å². The molecule has 0 radical (unpaired) electrons. The van der Waals surface area contributed by atoms with Gasteiger partial charge in [0.1, 0.15) is 0 Å². The maximum absolute atomic E-state index is 5.62. The SMILES string of the molecule is CN(CCOCC1CC1)CC(C)(C)CS. The minimum atomic E-state index is 0.300. The quantitative estimate of drug-likeness (QED) is 0.508. The van der Waals surface area contributed by atoms with E-state index in [9.17, 15) is 0 Å². The van der Waals surface area contributed by atoms with Crippen LogP contribution in [0.3, 0.4) is 0 Å². The summed E-state index contributed by atoms with van der Waals surface area (Å²) in [5.74, 6) is 1.81. The highest BCUT2D eigenvalue weighted by Gasteiger charge is 2.21. The number of hydrogen-bond acceptors (Lipinski definition) is 3. The molecule has 0 atom stereocenters. The molecule has 1 aliphatic carbocycles. The van der Waals surface area contributed by atoms with E-state index in [1.54, 1.807) is 0 Å². The third kappa shape index (κ3) is 6.44. The van der Waals surface area contributed by atoms with Crippen LogP contribution in [-0.2, 0) is 4.74 Å². The molecular weight excluding hydrogens is 206 g/mol. The van der Waals surface area contributed by atoms with Crippen LogP contribution in [-0.4, -0.2) is 44.0 Å². The summed E-state index contributed by atoms with van der Waals surface area (Å²) >= 11 is 4.36. The Morgan fingerprint density at radius 2 is 2.07 bits per heavy atom. The fourth-order valence-electron chi connectivity index (χ4n) is 1.61. The summed E-state index contributed by atoms with van der Waals surface area (Å²) in [6.07, 6.45) is 2.76. The molecule has 0 unspecified atom stereocenters. The molecule has 0 aromatic carbocycles. The molecule has 0 heterocycles. The van der Waals surface area contributed by atoms with Crippen molar-refractivity contribution in [2.24, 2.45) is 11.3 Å². The average Bonchev–Trinajstić information content (AvgIpc) is 2.95. The zero-order valence-corrected chi connectivity index (χ0v) is 11.2. The summed E-state index contributed by atoms with van der Waals surface area (Å²) in [6, 6.07) is 0. The van der Waals surface area contributed by atoms with Gasteiger partial charge >= 0.3 is 0 Å². The van der Waals surface area contributed by atoms with Crippen molar-refractivity contribution in [3.63, 3.8) is 0 Å². The zero-order valence-electron chi connectivity index (χ0n) is 10.3. The molecule has 0 aliphatic heterocycles. The van der Waals surface area contributed by atoms with Crippen molar-refractivity contribution in [3.05, 3.63) is 0 Å². The van der Waals surface area contributed by atoms with Gasteiger partial charge in [-0.2, -0.15) is 12.6 Å². The Morgan fingerprint density at radius 3 is 2.60 bits per heavy atom. The smallest absolute Gasteiger partial charge is 0.0593 e. The molecule has 3 heteroatoms. The largest absolute Gasteiger partial charge is 0.380 e. The second-order valence-corrected chi connectivity index (χ2v) is 5.89. The Bertz CT molecular complexity index is 180. The summed E-state index contributed by atoms with van der Waals surface area (Å²) in [6.45, 7) is 8.47. The second kappa shape index (κ2) is 6.12. The monoisotopic (exact) mass is 231 g/mol. The molecule has 15 heavy (non-hydrogen) atoms. The van der Waals surface area contributed by atoms with E-state index in [0.29, 0.717) is 5.41 Å². The first kappa shape index (κ1) is 13.3. The van der Waals surface area contributed by atoms with E-state index in [1.807, 2.05) is 0 Å². The summed E-state index contributed by atoms with van der Waals surface area (Å²) in [5.41, 5.74) is 0.300. The van der Waals surface area contributed by atoms with Crippen LogP contribution in [0.2, 0.25) is 0 Å². The highest BCUT2D eigenvalue weighted by atomic mass is 32.1. The number of nitrogens with zero attached hydrogens (tertiary/aromatic N) is 1. The molecule has 2 nitrogen and oxygen atoms in total. The van der Waals surface area contributed by atoms with Crippen molar-refractivity contribution in [2.45, 2.75) is 26.7 Å². The minimum absolute atomic E-state index is 0.300. The van der Waals surface area contributed by atoms with Gasteiger partial charge in [-0.25, -0.2) is 0 Å². The lowest BCUT2D eigenvalue weighted by atomic mass is 9.96. The van der Waals surface area contributed by atoms with Crippen LogP contribution in [0.15, 0.2) is 0 Å². The maximum Gasteiger partial charge on any atom is 0.0593 e. The fraction of sp³-hybridized carbons (Fsp3) is 1.00. The molecule has 1 aliphatic rings. The van der Waals surface area contributed by atoms with Crippen LogP contribution in [0, 0.1) is 11.3 Å². The minimum Gasteiger partial charge on any atom is -0.380 e. The van der Waals surface area contributed by atoms with Crippen LogP contribution < -0.4 is 0 Å². The van der Waals surface area contributed by atoms with Gasteiger partial charge < -0.3 is 9.64 Å². The Morgan fingerprint density at radius 1 is 1.40 bits per heavy atom. The molecule has 90 valence electrons. The van der Waals surface area contributed by atoms with Gasteiger partial charge in [0.25, 0.3) is 0 Å². The summed E-state index contributed by atoms with van der Waals surface area (Å²) in [4.78, 5) is 2.34. The van der Waals surface area contributed by atoms with Crippen molar-refractivity contribution < 1.29 is 4.74 Å². The Balaban J connectivity index is 1.99. The highest BCUT2D eigenvalue weighted by molar-refractivity contribution is 7.80. The highest BCUT2D eigenvalue weighted by Crippen LogP contribution is 2.28. The van der Waals surface area contributed by atoms with Crippen LogP contribution >= 0.6 is 12.6 Å². The molecule has 0 N–H and O–H groups in total. The van der Waals surface area contributed by atoms with E-state index in [-0.39, 0.29) is 0 Å². The van der Waals surface area contributed by atoms with E-state index in [2.05, 4.69) is 38.4 Å². The first-order chi connectivity index (χ1) is 7.03. The lowest BCUT2D eigenvalue weighted by Crippen LogP contribution is -2.34. The normalized spacial score (nSPS) is 17.4. The van der Waals surface area contributed by atoms with E-state index < -0.39 is 0 Å². The number of rotatable bonds is 8. The number of hydrogen-bond donors (Lipinski definition) is 1. The van der Waals surface area contributed by atoms with E-state index in [1.165, 1.54) is 12.8 Å². The second-order valence-electron chi connectivity index (χ2n) is 5.58. The van der Waals surface area contributed by atoms with Gasteiger partial charge in [0, 0.05) is 19.7 Å². The van der Waals surface area contributed by atoms with Gasteiger partial charge in [-0.05, 0) is 37.0 Å². The summed E-state index contributed by atoms with van der Waals surface area (Å²) in [5, 5.41) is 0. The molecule has 0 spiro atoms. The molecule has 0 amide bonds. The molecule has 1 fully saturated rings. The van der Waals surface area contributed by atoms with Gasteiger partial charge in [-0.15, -0.1) is 0 Å². The summed E-state index contributed by atoms with van der Waals surface area (Å²) < 4.78 is 5.62. The van der Waals surface area contributed by atoms with Gasteiger partial charge in [-0.1, -0.05) is 13.8 Å². The first-order valence-electron chi connectivity index (χ1n) is 5.91. The number of likely N-dealkylation sites (N-methyl/N-ethyl adjacent to an activating group) is 1. The van der Waals surface area contributed by atoms with E-state index in [0.717, 1.165) is 38.0 Å². The van der Waals surface area contributed by atoms with Crippen LogP contribution in [0.4, 0.5) is 0 Å². The number of thiol groups is 1. The zero-order chi connectivity index (χ0) is 11.3. The molecule has 0 aromatic rings. The summed E-state index contributed by atoms with van der Waals surface area (Å²) in [7, 11) is 2.16. The van der Waals surface area contributed by atoms with E-state index >= 15 is 0 Å². The van der Waals surface area contributed by atoms with Crippen LogP contribution in [0.1, 0.15) is 26.7 Å². The fourth-order valence-corrected chi connectivity index (χ4v) is 1.71. The first-order valence-corrected chi connectivity index (χ1v) is 6.54. The molecule has 1 rings (SSSR count). The molecule has 1 saturated carbocycles. The molecular formula is C12H25NOS. The predicted molar refractivity (Wildman–Crippen MR) is 68.7 cm³/mol. The topological polar surface area (TPSA) is 12.5 Å². The van der Waals surface area contributed by atoms with Gasteiger partial charge in [0.2, 0.25) is 0 Å². The van der Waals surface area contributed by atoms with Crippen molar-refractivity contribution in [2.75, 3.05) is 39.1 Å². The Kier molecular flexibility index (Phi) is 5.44. The van der Waals surface area contributed by atoms with Crippen molar-refractivity contribution in [3.8, 4) is 0 Å². The van der Waals surface area contributed by atoms with Crippen molar-refractivity contribution in [1.29, 1.82) is 0 Å². The Hall–Kier alpha value is 0.270. The van der Waals surface area contributed by atoms with Crippen molar-refractivity contribution >= 4 is 12.6 Å². The molecule has 0 bridgehead atoms.